The van der Waals surface area contributed by atoms with Crippen molar-refractivity contribution in [1.29, 1.82) is 0 Å². The zero-order valence-corrected chi connectivity index (χ0v) is 11.1. The Kier molecular flexibility index (Phi) is 6.70. The van der Waals surface area contributed by atoms with Crippen LogP contribution in [0.5, 0.6) is 0 Å². The number of nitrogen functional groups attached to an aromatic ring is 1. The maximum atomic E-state index is 13.5. The highest BCUT2D eigenvalue weighted by molar-refractivity contribution is 7.98. The van der Waals surface area contributed by atoms with Crippen LogP contribution in [0, 0.1) is 5.82 Å². The lowest BCUT2D eigenvalue weighted by Gasteiger charge is -2.06. The van der Waals surface area contributed by atoms with Crippen molar-refractivity contribution < 1.29 is 13.9 Å². The second-order valence-corrected chi connectivity index (χ2v) is 4.78. The minimum absolute atomic E-state index is 0.303. The van der Waals surface area contributed by atoms with Crippen LogP contribution in [-0.2, 0) is 10.5 Å². The number of methoxy groups -OCH3 is 1. The van der Waals surface area contributed by atoms with Gasteiger partial charge in [-0.1, -0.05) is 0 Å². The van der Waals surface area contributed by atoms with Crippen LogP contribution in [0.25, 0.3) is 0 Å². The molecule has 0 spiro atoms. The second kappa shape index (κ2) is 8.07. The molecule has 0 aliphatic carbocycles. The minimum Gasteiger partial charge on any atom is -0.385 e. The molecule has 0 aliphatic heterocycles. The van der Waals surface area contributed by atoms with Gasteiger partial charge in [0.2, 0.25) is 0 Å². The number of amides is 1. The number of carbonyl (C=O) groups is 1. The van der Waals surface area contributed by atoms with Gasteiger partial charge < -0.3 is 4.74 Å². The van der Waals surface area contributed by atoms with Gasteiger partial charge in [-0.25, -0.2) is 10.2 Å². The van der Waals surface area contributed by atoms with Crippen molar-refractivity contribution in [3.8, 4) is 0 Å². The quantitative estimate of drug-likeness (QED) is 0.343. The van der Waals surface area contributed by atoms with Gasteiger partial charge in [-0.2, -0.15) is 11.8 Å². The summed E-state index contributed by atoms with van der Waals surface area (Å²) in [5.41, 5.74) is 2.91. The number of halogens is 1. The number of hydrazine groups is 1. The molecule has 0 bridgehead atoms. The normalized spacial score (nSPS) is 10.4. The smallest absolute Gasteiger partial charge is 0.265 e. The Bertz CT molecular complexity index is 402. The van der Waals surface area contributed by atoms with Crippen LogP contribution in [0.2, 0.25) is 0 Å². The summed E-state index contributed by atoms with van der Waals surface area (Å²) in [4.78, 5) is 11.3. The van der Waals surface area contributed by atoms with Crippen LogP contribution in [-0.4, -0.2) is 25.4 Å². The number of hydrogen-bond donors (Lipinski definition) is 2. The van der Waals surface area contributed by atoms with E-state index in [4.69, 9.17) is 10.6 Å². The molecule has 0 radical (unpaired) electrons. The third-order valence-electron chi connectivity index (χ3n) is 2.33. The average molecular weight is 272 g/mol. The Morgan fingerprint density at radius 2 is 2.33 bits per heavy atom. The number of nitrogens with two attached hydrogens (primary N) is 1. The number of thioether (sulfide) groups is 1. The number of rotatable bonds is 7. The molecule has 1 aromatic carbocycles. The van der Waals surface area contributed by atoms with Gasteiger partial charge in [0.1, 0.15) is 5.82 Å². The molecular weight excluding hydrogens is 255 g/mol. The summed E-state index contributed by atoms with van der Waals surface area (Å²) >= 11 is 1.61. The third kappa shape index (κ3) is 4.64. The van der Waals surface area contributed by atoms with Crippen LogP contribution in [0.4, 0.5) is 4.39 Å². The highest BCUT2D eigenvalue weighted by Crippen LogP contribution is 2.18. The Balaban J connectivity index is 2.56. The topological polar surface area (TPSA) is 64.3 Å². The van der Waals surface area contributed by atoms with Crippen LogP contribution < -0.4 is 11.3 Å². The van der Waals surface area contributed by atoms with E-state index in [0.29, 0.717) is 23.5 Å². The van der Waals surface area contributed by atoms with Gasteiger partial charge in [0.25, 0.3) is 5.91 Å². The molecule has 3 N–H and O–H groups in total. The lowest BCUT2D eigenvalue weighted by atomic mass is 10.1. The van der Waals surface area contributed by atoms with E-state index in [2.05, 4.69) is 0 Å². The first-order valence-electron chi connectivity index (χ1n) is 5.55. The molecule has 0 saturated heterocycles. The summed E-state index contributed by atoms with van der Waals surface area (Å²) < 4.78 is 18.4. The van der Waals surface area contributed by atoms with Crippen molar-refractivity contribution in [1.82, 2.24) is 5.43 Å². The van der Waals surface area contributed by atoms with E-state index >= 15 is 0 Å². The summed E-state index contributed by atoms with van der Waals surface area (Å²) in [6.07, 6.45) is 0.922. The predicted octanol–water partition coefficient (Wildman–Crippen LogP) is 1.70. The zero-order valence-electron chi connectivity index (χ0n) is 10.2. The molecule has 0 saturated carbocycles. The van der Waals surface area contributed by atoms with Crippen molar-refractivity contribution in [2.45, 2.75) is 12.2 Å². The van der Waals surface area contributed by atoms with Crippen LogP contribution in [0.1, 0.15) is 22.3 Å². The Morgan fingerprint density at radius 1 is 1.56 bits per heavy atom. The van der Waals surface area contributed by atoms with E-state index in [1.807, 2.05) is 5.43 Å². The van der Waals surface area contributed by atoms with Gasteiger partial charge in [-0.3, -0.25) is 10.2 Å². The van der Waals surface area contributed by atoms with E-state index in [9.17, 15) is 9.18 Å². The molecule has 4 nitrogen and oxygen atoms in total. The first-order valence-corrected chi connectivity index (χ1v) is 6.70. The Morgan fingerprint density at radius 3 is 3.00 bits per heavy atom. The lowest BCUT2D eigenvalue weighted by Crippen LogP contribution is -2.30. The minimum atomic E-state index is -0.416. The molecule has 18 heavy (non-hydrogen) atoms. The molecule has 0 unspecified atom stereocenters. The SMILES string of the molecule is COCCCSCc1cc(C(=O)NN)ccc1F. The molecule has 1 aromatic rings. The van der Waals surface area contributed by atoms with E-state index in [1.165, 1.54) is 18.2 Å². The predicted molar refractivity (Wildman–Crippen MR) is 70.7 cm³/mol. The Hall–Kier alpha value is -1.11. The number of carbonyl (C=O) groups excluding carboxylic acids is 1. The van der Waals surface area contributed by atoms with Gasteiger partial charge in [-0.05, 0) is 35.9 Å². The summed E-state index contributed by atoms with van der Waals surface area (Å²) in [7, 11) is 1.65. The van der Waals surface area contributed by atoms with Crippen molar-refractivity contribution in [2.75, 3.05) is 19.5 Å². The third-order valence-corrected chi connectivity index (χ3v) is 3.43. The van der Waals surface area contributed by atoms with Crippen LogP contribution >= 0.6 is 11.8 Å². The summed E-state index contributed by atoms with van der Waals surface area (Å²) in [6.45, 7) is 0.700. The summed E-state index contributed by atoms with van der Waals surface area (Å²) in [6, 6.07) is 4.23. The fourth-order valence-electron chi connectivity index (χ4n) is 1.40. The van der Waals surface area contributed by atoms with Gasteiger partial charge in [0.05, 0.1) is 0 Å². The fraction of sp³-hybridized carbons (Fsp3) is 0.417. The highest BCUT2D eigenvalue weighted by atomic mass is 32.2. The Labute approximate surface area is 110 Å². The largest absolute Gasteiger partial charge is 0.385 e. The van der Waals surface area contributed by atoms with Crippen molar-refractivity contribution in [3.05, 3.63) is 35.1 Å². The standard InChI is InChI=1S/C12H17FN2O2S/c1-17-5-2-6-18-8-10-7-9(12(16)15-14)3-4-11(10)13/h3-4,7H,2,5-6,8,14H2,1H3,(H,15,16). The molecule has 100 valence electrons. The van der Waals surface area contributed by atoms with Gasteiger partial charge in [0, 0.05) is 25.0 Å². The summed E-state index contributed by atoms with van der Waals surface area (Å²) in [5.74, 6) is 5.73. The molecule has 0 heterocycles. The molecule has 6 heteroatoms. The number of hydrogen-bond acceptors (Lipinski definition) is 4. The van der Waals surface area contributed by atoms with E-state index in [0.717, 1.165) is 12.2 Å². The molecule has 1 rings (SSSR count). The second-order valence-electron chi connectivity index (χ2n) is 3.68. The highest BCUT2D eigenvalue weighted by Gasteiger charge is 2.08. The fourth-order valence-corrected chi connectivity index (χ4v) is 2.30. The monoisotopic (exact) mass is 272 g/mol. The summed E-state index contributed by atoms with van der Waals surface area (Å²) in [5, 5.41) is 0. The molecule has 0 aliphatic rings. The van der Waals surface area contributed by atoms with Gasteiger partial charge in [0.15, 0.2) is 0 Å². The average Bonchev–Trinajstić information content (AvgIpc) is 2.39. The molecule has 0 aromatic heterocycles. The van der Waals surface area contributed by atoms with Crippen LogP contribution in [0.15, 0.2) is 18.2 Å². The lowest BCUT2D eigenvalue weighted by molar-refractivity contribution is 0.0953. The molecule has 0 fully saturated rings. The molecule has 1 amide bonds. The molecular formula is C12H17FN2O2S. The van der Waals surface area contributed by atoms with Gasteiger partial charge in [-0.15, -0.1) is 0 Å². The van der Waals surface area contributed by atoms with E-state index in [-0.39, 0.29) is 5.82 Å². The first kappa shape index (κ1) is 14.9. The maximum Gasteiger partial charge on any atom is 0.265 e. The van der Waals surface area contributed by atoms with E-state index in [1.54, 1.807) is 18.9 Å². The van der Waals surface area contributed by atoms with Crippen molar-refractivity contribution in [2.24, 2.45) is 5.84 Å². The van der Waals surface area contributed by atoms with Crippen molar-refractivity contribution >= 4 is 17.7 Å². The maximum absolute atomic E-state index is 13.5. The first-order chi connectivity index (χ1) is 8.69. The number of benzene rings is 1. The van der Waals surface area contributed by atoms with Crippen LogP contribution in [0.3, 0.4) is 0 Å². The number of ether oxygens (including phenoxy) is 1. The van der Waals surface area contributed by atoms with Crippen molar-refractivity contribution in [3.63, 3.8) is 0 Å². The zero-order chi connectivity index (χ0) is 13.4. The molecule has 0 atom stereocenters. The van der Waals surface area contributed by atoms with E-state index < -0.39 is 5.91 Å². The van der Waals surface area contributed by atoms with Gasteiger partial charge >= 0.3 is 0 Å². The number of nitrogens with one attached hydrogen (secondary N) is 1.